The molecule has 0 aromatic heterocycles. The number of amides is 1. The molecule has 1 unspecified atom stereocenters. The minimum absolute atomic E-state index is 0.0274. The van der Waals surface area contributed by atoms with Gasteiger partial charge < -0.3 is 10.2 Å². The quantitative estimate of drug-likeness (QED) is 0.867. The van der Waals surface area contributed by atoms with E-state index in [1.807, 2.05) is 11.9 Å². The minimum atomic E-state index is 0.0274. The van der Waals surface area contributed by atoms with Crippen molar-refractivity contribution < 1.29 is 4.79 Å². The summed E-state index contributed by atoms with van der Waals surface area (Å²) in [4.78, 5) is 14.0. The van der Waals surface area contributed by atoms with Crippen molar-refractivity contribution in [2.24, 2.45) is 5.92 Å². The Balaban J connectivity index is 1.98. The Kier molecular flexibility index (Phi) is 5.46. The van der Waals surface area contributed by atoms with Gasteiger partial charge in [0.05, 0.1) is 0 Å². The van der Waals surface area contributed by atoms with Gasteiger partial charge in [-0.3, -0.25) is 4.79 Å². The number of carbonyl (C=O) groups is 1. The summed E-state index contributed by atoms with van der Waals surface area (Å²) >= 11 is 12.0. The summed E-state index contributed by atoms with van der Waals surface area (Å²) in [6.45, 7) is 2.58. The zero-order chi connectivity index (χ0) is 14.5. The van der Waals surface area contributed by atoms with Crippen molar-refractivity contribution in [2.45, 2.75) is 6.42 Å². The van der Waals surface area contributed by atoms with Gasteiger partial charge in [-0.15, -0.1) is 0 Å². The summed E-state index contributed by atoms with van der Waals surface area (Å²) in [5.74, 6) is 0.576. The summed E-state index contributed by atoms with van der Waals surface area (Å²) in [5.41, 5.74) is 0.762. The average molecular weight is 313 g/mol. The van der Waals surface area contributed by atoms with E-state index in [4.69, 9.17) is 23.2 Å². The molecule has 1 heterocycles. The maximum absolute atomic E-state index is 12.1. The second-order valence-electron chi connectivity index (χ2n) is 5.00. The van der Waals surface area contributed by atoms with Crippen LogP contribution < -0.4 is 5.32 Å². The van der Waals surface area contributed by atoms with Crippen molar-refractivity contribution in [3.63, 3.8) is 0 Å². The van der Waals surface area contributed by atoms with Gasteiger partial charge in [-0.25, -0.2) is 0 Å². The van der Waals surface area contributed by atoms with E-state index in [0.29, 0.717) is 16.0 Å². The molecule has 0 spiro atoms. The van der Waals surface area contributed by atoms with Crippen LogP contribution in [0.3, 0.4) is 0 Å². The van der Waals surface area contributed by atoms with Crippen molar-refractivity contribution in [1.82, 2.24) is 10.2 Å². The first-order valence-corrected chi connectivity index (χ1v) is 7.42. The van der Waals surface area contributed by atoms with E-state index in [0.717, 1.165) is 31.6 Å². The molecule has 1 N–H and O–H groups in total. The van der Waals surface area contributed by atoms with Crippen molar-refractivity contribution >= 4 is 35.2 Å². The highest BCUT2D eigenvalue weighted by Crippen LogP contribution is 2.22. The average Bonchev–Trinajstić information content (AvgIpc) is 2.88. The molecule has 5 heteroatoms. The van der Waals surface area contributed by atoms with Gasteiger partial charge in [-0.2, -0.15) is 0 Å². The highest BCUT2D eigenvalue weighted by atomic mass is 35.5. The van der Waals surface area contributed by atoms with E-state index < -0.39 is 0 Å². The van der Waals surface area contributed by atoms with Gasteiger partial charge in [0.2, 0.25) is 5.91 Å². The molecule has 1 saturated heterocycles. The first-order valence-electron chi connectivity index (χ1n) is 6.67. The zero-order valence-electron chi connectivity index (χ0n) is 11.4. The van der Waals surface area contributed by atoms with Crippen LogP contribution in [0.1, 0.15) is 12.0 Å². The lowest BCUT2D eigenvalue weighted by Gasteiger charge is -2.14. The Morgan fingerprint density at radius 2 is 2.30 bits per heavy atom. The van der Waals surface area contributed by atoms with Gasteiger partial charge in [0.1, 0.15) is 0 Å². The standard InChI is InChI=1S/C15H18Cl2N2O/c1-18-9-11-6-7-19(10-11)15(20)5-2-12-8-13(16)3-4-14(12)17/h2-5,8,11,18H,6-7,9-10H2,1H3. The van der Waals surface area contributed by atoms with Crippen LogP contribution in [0.5, 0.6) is 0 Å². The Morgan fingerprint density at radius 1 is 1.50 bits per heavy atom. The number of hydrogen-bond acceptors (Lipinski definition) is 2. The fraction of sp³-hybridized carbons (Fsp3) is 0.400. The first-order chi connectivity index (χ1) is 9.60. The van der Waals surface area contributed by atoms with Crippen LogP contribution in [-0.4, -0.2) is 37.5 Å². The SMILES string of the molecule is CNCC1CCN(C(=O)C=Cc2cc(Cl)ccc2Cl)C1. The zero-order valence-corrected chi connectivity index (χ0v) is 12.9. The molecule has 1 aliphatic heterocycles. The van der Waals surface area contributed by atoms with Crippen molar-refractivity contribution in [1.29, 1.82) is 0 Å². The topological polar surface area (TPSA) is 32.3 Å². The summed E-state index contributed by atoms with van der Waals surface area (Å²) in [6, 6.07) is 5.21. The van der Waals surface area contributed by atoms with Gasteiger partial charge >= 0.3 is 0 Å². The molecular formula is C15H18Cl2N2O. The molecule has 2 rings (SSSR count). The fourth-order valence-electron chi connectivity index (χ4n) is 2.40. The molecule has 0 radical (unpaired) electrons. The number of likely N-dealkylation sites (tertiary alicyclic amines) is 1. The van der Waals surface area contributed by atoms with E-state index in [9.17, 15) is 4.79 Å². The van der Waals surface area contributed by atoms with Gasteiger partial charge in [0.25, 0.3) is 0 Å². The van der Waals surface area contributed by atoms with Crippen LogP contribution in [0.2, 0.25) is 10.0 Å². The Hall–Kier alpha value is -1.03. The lowest BCUT2D eigenvalue weighted by Crippen LogP contribution is -2.28. The van der Waals surface area contributed by atoms with Crippen molar-refractivity contribution in [3.05, 3.63) is 39.9 Å². The molecule has 108 valence electrons. The van der Waals surface area contributed by atoms with E-state index in [-0.39, 0.29) is 5.91 Å². The number of halogens is 2. The predicted molar refractivity (Wildman–Crippen MR) is 84.1 cm³/mol. The van der Waals surface area contributed by atoms with Crippen LogP contribution >= 0.6 is 23.2 Å². The fourth-order valence-corrected chi connectivity index (χ4v) is 2.76. The molecule has 1 amide bonds. The van der Waals surface area contributed by atoms with E-state index in [1.165, 1.54) is 0 Å². The highest BCUT2D eigenvalue weighted by molar-refractivity contribution is 6.34. The van der Waals surface area contributed by atoms with Gasteiger partial charge in [0, 0.05) is 29.2 Å². The van der Waals surface area contributed by atoms with Crippen LogP contribution in [0.4, 0.5) is 0 Å². The van der Waals surface area contributed by atoms with Crippen molar-refractivity contribution in [2.75, 3.05) is 26.7 Å². The Morgan fingerprint density at radius 3 is 3.05 bits per heavy atom. The van der Waals surface area contributed by atoms with Crippen molar-refractivity contribution in [3.8, 4) is 0 Å². The largest absolute Gasteiger partial charge is 0.339 e. The Bertz CT molecular complexity index is 517. The molecule has 20 heavy (non-hydrogen) atoms. The van der Waals surface area contributed by atoms with E-state index in [2.05, 4.69) is 5.32 Å². The number of nitrogens with zero attached hydrogens (tertiary/aromatic N) is 1. The lowest BCUT2D eigenvalue weighted by atomic mass is 10.1. The second kappa shape index (κ2) is 7.11. The Labute approximate surface area is 129 Å². The maximum atomic E-state index is 12.1. The predicted octanol–water partition coefficient (Wildman–Crippen LogP) is 3.07. The molecule has 0 aliphatic carbocycles. The molecular weight excluding hydrogens is 295 g/mol. The highest BCUT2D eigenvalue weighted by Gasteiger charge is 2.24. The van der Waals surface area contributed by atoms with Gasteiger partial charge in [-0.05, 0) is 55.8 Å². The number of hydrogen-bond donors (Lipinski definition) is 1. The third-order valence-electron chi connectivity index (χ3n) is 3.45. The molecule has 1 fully saturated rings. The first kappa shape index (κ1) is 15.4. The third kappa shape index (κ3) is 3.98. The summed E-state index contributed by atoms with van der Waals surface area (Å²) in [7, 11) is 1.94. The molecule has 1 aliphatic rings. The number of carbonyl (C=O) groups excluding carboxylic acids is 1. The molecule has 3 nitrogen and oxygen atoms in total. The molecule has 1 aromatic rings. The monoisotopic (exact) mass is 312 g/mol. The summed E-state index contributed by atoms with van der Waals surface area (Å²) < 4.78 is 0. The molecule has 0 saturated carbocycles. The molecule has 1 aromatic carbocycles. The van der Waals surface area contributed by atoms with Crippen LogP contribution in [0.15, 0.2) is 24.3 Å². The summed E-state index contributed by atoms with van der Waals surface area (Å²) in [5, 5.41) is 4.35. The smallest absolute Gasteiger partial charge is 0.246 e. The molecule has 1 atom stereocenters. The van der Waals surface area contributed by atoms with Gasteiger partial charge in [-0.1, -0.05) is 23.2 Å². The van der Waals surface area contributed by atoms with E-state index >= 15 is 0 Å². The van der Waals surface area contributed by atoms with E-state index in [1.54, 1.807) is 30.4 Å². The number of benzene rings is 1. The number of nitrogens with one attached hydrogen (secondary N) is 1. The summed E-state index contributed by atoms with van der Waals surface area (Å²) in [6.07, 6.45) is 4.35. The van der Waals surface area contributed by atoms with Gasteiger partial charge in [0.15, 0.2) is 0 Å². The third-order valence-corrected chi connectivity index (χ3v) is 4.03. The maximum Gasteiger partial charge on any atom is 0.246 e. The van der Waals surface area contributed by atoms with Crippen LogP contribution in [-0.2, 0) is 4.79 Å². The van der Waals surface area contributed by atoms with Crippen LogP contribution in [0, 0.1) is 5.92 Å². The number of rotatable bonds is 4. The molecule has 0 bridgehead atoms. The lowest BCUT2D eigenvalue weighted by molar-refractivity contribution is -0.125. The normalized spacial score (nSPS) is 18.9. The van der Waals surface area contributed by atoms with Crippen LogP contribution in [0.25, 0.3) is 6.08 Å². The second-order valence-corrected chi connectivity index (χ2v) is 5.84. The minimum Gasteiger partial charge on any atom is -0.339 e.